The summed E-state index contributed by atoms with van der Waals surface area (Å²) in [5, 5.41) is 18.4. The number of anilines is 1. The number of thiophene rings is 1. The summed E-state index contributed by atoms with van der Waals surface area (Å²) in [7, 11) is 0. The number of amides is 1. The van der Waals surface area contributed by atoms with Crippen LogP contribution in [-0.4, -0.2) is 27.0 Å². The Hall–Kier alpha value is -2.06. The molecule has 2 aromatic heterocycles. The van der Waals surface area contributed by atoms with Gasteiger partial charge in [-0.3, -0.25) is 14.5 Å². The van der Waals surface area contributed by atoms with E-state index in [1.165, 1.54) is 33.1 Å². The quantitative estimate of drug-likeness (QED) is 0.919. The third-order valence-corrected chi connectivity index (χ3v) is 5.75. The van der Waals surface area contributed by atoms with Gasteiger partial charge in [0, 0.05) is 15.7 Å². The van der Waals surface area contributed by atoms with Crippen LogP contribution in [-0.2, 0) is 9.59 Å². The molecule has 0 aromatic carbocycles. The van der Waals surface area contributed by atoms with Gasteiger partial charge in [0.15, 0.2) is 11.5 Å². The van der Waals surface area contributed by atoms with Crippen LogP contribution in [0.3, 0.4) is 0 Å². The number of carbonyl (C=O) groups excluding carboxylic acids is 2. The van der Waals surface area contributed by atoms with Gasteiger partial charge in [0.2, 0.25) is 5.13 Å². The number of carbonyl (C=O) groups is 2. The molecule has 23 heavy (non-hydrogen) atoms. The maximum absolute atomic E-state index is 12.6. The molecule has 6 nitrogen and oxygen atoms in total. The Morgan fingerprint density at radius 2 is 2.17 bits per heavy atom. The Morgan fingerprint density at radius 3 is 2.74 bits per heavy atom. The normalized spacial score (nSPS) is 21.3. The Bertz CT molecular complexity index is 821. The van der Waals surface area contributed by atoms with Gasteiger partial charge >= 0.3 is 0 Å². The lowest BCUT2D eigenvalue weighted by Crippen LogP contribution is -2.30. The third kappa shape index (κ3) is 2.29. The Morgan fingerprint density at radius 1 is 1.39 bits per heavy atom. The number of aromatic nitrogens is 2. The summed E-state index contributed by atoms with van der Waals surface area (Å²) in [5.41, 5.74) is 1.73. The first-order chi connectivity index (χ1) is 11.1. The molecule has 1 fully saturated rings. The second-order valence-corrected chi connectivity index (χ2v) is 7.78. The molecule has 1 unspecified atom stereocenters. The minimum absolute atomic E-state index is 0.0714. The second kappa shape index (κ2) is 5.24. The second-order valence-electron chi connectivity index (χ2n) is 5.65. The zero-order chi connectivity index (χ0) is 16.1. The van der Waals surface area contributed by atoms with Gasteiger partial charge in [-0.1, -0.05) is 11.3 Å². The summed E-state index contributed by atoms with van der Waals surface area (Å²) >= 11 is 2.72. The summed E-state index contributed by atoms with van der Waals surface area (Å²) in [4.78, 5) is 28.5. The van der Waals surface area contributed by atoms with E-state index in [1.807, 2.05) is 19.1 Å². The highest BCUT2D eigenvalue weighted by Crippen LogP contribution is 2.46. The monoisotopic (exact) mass is 347 g/mol. The van der Waals surface area contributed by atoms with Gasteiger partial charge in [-0.15, -0.1) is 21.5 Å². The highest BCUT2D eigenvalue weighted by Gasteiger charge is 2.49. The lowest BCUT2D eigenvalue weighted by Gasteiger charge is -2.22. The van der Waals surface area contributed by atoms with Gasteiger partial charge in [0.05, 0.1) is 5.57 Å². The highest BCUT2D eigenvalue weighted by molar-refractivity contribution is 7.13. The molecule has 0 saturated heterocycles. The van der Waals surface area contributed by atoms with Crippen LogP contribution in [0, 0.1) is 12.8 Å². The fraction of sp³-hybridized carbons (Fsp3) is 0.333. The Kier molecular flexibility index (Phi) is 3.31. The molecule has 118 valence electrons. The van der Waals surface area contributed by atoms with E-state index < -0.39 is 17.7 Å². The van der Waals surface area contributed by atoms with E-state index in [2.05, 4.69) is 10.2 Å². The van der Waals surface area contributed by atoms with Crippen molar-refractivity contribution in [1.82, 2.24) is 10.2 Å². The Labute approximate surface area is 140 Å². The van der Waals surface area contributed by atoms with Crippen LogP contribution in [0.25, 0.3) is 0 Å². The molecule has 8 heteroatoms. The predicted molar refractivity (Wildman–Crippen MR) is 86.6 cm³/mol. The number of nitrogens with zero attached hydrogens (tertiary/aromatic N) is 3. The summed E-state index contributed by atoms with van der Waals surface area (Å²) in [6.45, 7) is 1.96. The number of ketones is 1. The molecular weight excluding hydrogens is 334 g/mol. The van der Waals surface area contributed by atoms with Crippen LogP contribution in [0.2, 0.25) is 0 Å². The lowest BCUT2D eigenvalue weighted by molar-refractivity contribution is -0.118. The first-order valence-electron chi connectivity index (χ1n) is 7.21. The van der Waals surface area contributed by atoms with Crippen LogP contribution >= 0.6 is 22.7 Å². The van der Waals surface area contributed by atoms with Crippen molar-refractivity contribution in [2.75, 3.05) is 4.90 Å². The minimum atomic E-state index is -0.609. The van der Waals surface area contributed by atoms with E-state index in [9.17, 15) is 14.7 Å². The van der Waals surface area contributed by atoms with Gasteiger partial charge in [-0.05, 0) is 31.9 Å². The molecule has 0 bridgehead atoms. The summed E-state index contributed by atoms with van der Waals surface area (Å²) in [5.74, 6) is -1.23. The third-order valence-electron chi connectivity index (χ3n) is 4.01. The van der Waals surface area contributed by atoms with Crippen LogP contribution in [0.5, 0.6) is 0 Å². The molecule has 1 saturated carbocycles. The predicted octanol–water partition coefficient (Wildman–Crippen LogP) is 2.79. The van der Waals surface area contributed by atoms with Crippen molar-refractivity contribution in [2.24, 2.45) is 5.92 Å². The maximum Gasteiger partial charge on any atom is 0.296 e. The number of rotatable bonds is 4. The molecule has 1 atom stereocenters. The maximum atomic E-state index is 12.6. The molecule has 0 radical (unpaired) electrons. The standard InChI is InChI=1S/C15H13N3O3S2/c1-7-2-5-9(23-7)11-10(12(19)8-3-4-8)13(20)14(21)18(11)15-17-16-6-22-15/h2,5-6,8,11,20H,3-4H2,1H3. The van der Waals surface area contributed by atoms with Crippen LogP contribution < -0.4 is 4.90 Å². The van der Waals surface area contributed by atoms with Gasteiger partial charge in [0.1, 0.15) is 11.6 Å². The number of aliphatic hydroxyl groups excluding tert-OH is 1. The first kappa shape index (κ1) is 14.5. The van der Waals surface area contributed by atoms with Crippen molar-refractivity contribution >= 4 is 39.5 Å². The van der Waals surface area contributed by atoms with Crippen molar-refractivity contribution < 1.29 is 14.7 Å². The average Bonchev–Trinajstić information content (AvgIpc) is 2.96. The van der Waals surface area contributed by atoms with E-state index in [0.29, 0.717) is 5.13 Å². The minimum Gasteiger partial charge on any atom is -0.503 e. The van der Waals surface area contributed by atoms with Crippen LogP contribution in [0.15, 0.2) is 29.0 Å². The fourth-order valence-electron chi connectivity index (χ4n) is 2.76. The van der Waals surface area contributed by atoms with Crippen molar-refractivity contribution in [3.8, 4) is 0 Å². The van der Waals surface area contributed by atoms with E-state index in [4.69, 9.17) is 0 Å². The zero-order valence-corrected chi connectivity index (χ0v) is 13.9. The van der Waals surface area contributed by atoms with Crippen molar-refractivity contribution in [3.05, 3.63) is 38.7 Å². The zero-order valence-electron chi connectivity index (χ0n) is 12.2. The summed E-state index contributed by atoms with van der Waals surface area (Å²) in [6.07, 6.45) is 1.64. The first-order valence-corrected chi connectivity index (χ1v) is 8.91. The molecule has 4 rings (SSSR count). The SMILES string of the molecule is Cc1ccc(C2C(C(=O)C3CC3)=C(O)C(=O)N2c2nncs2)s1. The van der Waals surface area contributed by atoms with Crippen molar-refractivity contribution in [1.29, 1.82) is 0 Å². The number of Topliss-reactive ketones (excluding diaryl/α,β-unsaturated/α-hetero) is 1. The van der Waals surface area contributed by atoms with Crippen molar-refractivity contribution in [3.63, 3.8) is 0 Å². The summed E-state index contributed by atoms with van der Waals surface area (Å²) in [6, 6.07) is 3.23. The average molecular weight is 347 g/mol. The summed E-state index contributed by atoms with van der Waals surface area (Å²) < 4.78 is 0. The van der Waals surface area contributed by atoms with E-state index >= 15 is 0 Å². The molecule has 1 N–H and O–H groups in total. The van der Waals surface area contributed by atoms with Gasteiger partial charge in [0.25, 0.3) is 5.91 Å². The molecule has 1 amide bonds. The molecule has 1 aliphatic heterocycles. The van der Waals surface area contributed by atoms with Crippen molar-refractivity contribution in [2.45, 2.75) is 25.8 Å². The van der Waals surface area contributed by atoms with E-state index in [1.54, 1.807) is 0 Å². The van der Waals surface area contributed by atoms with E-state index in [0.717, 1.165) is 22.6 Å². The Balaban J connectivity index is 1.85. The molecule has 2 aromatic rings. The molecular formula is C15H13N3O3S2. The molecule has 0 spiro atoms. The van der Waals surface area contributed by atoms with Crippen LogP contribution in [0.1, 0.15) is 28.6 Å². The number of aliphatic hydroxyl groups is 1. The van der Waals surface area contributed by atoms with Gasteiger partial charge in [-0.25, -0.2) is 0 Å². The molecule has 2 aliphatic rings. The van der Waals surface area contributed by atoms with Gasteiger partial charge < -0.3 is 5.11 Å². The number of hydrogen-bond acceptors (Lipinski definition) is 7. The lowest BCUT2D eigenvalue weighted by atomic mass is 9.99. The highest BCUT2D eigenvalue weighted by atomic mass is 32.1. The van der Waals surface area contributed by atoms with Gasteiger partial charge in [-0.2, -0.15) is 0 Å². The van der Waals surface area contributed by atoms with E-state index in [-0.39, 0.29) is 17.3 Å². The molecule has 3 heterocycles. The smallest absolute Gasteiger partial charge is 0.296 e. The topological polar surface area (TPSA) is 83.4 Å². The molecule has 1 aliphatic carbocycles. The van der Waals surface area contributed by atoms with Crippen LogP contribution in [0.4, 0.5) is 5.13 Å². The largest absolute Gasteiger partial charge is 0.503 e. The number of hydrogen-bond donors (Lipinski definition) is 1. The fourth-order valence-corrected chi connectivity index (χ4v) is 4.32. The number of aryl methyl sites for hydroxylation is 1.